The molecule has 1 aromatic heterocycles. The molecule has 6 nitrogen and oxygen atoms in total. The third-order valence-corrected chi connectivity index (χ3v) is 3.74. The van der Waals surface area contributed by atoms with Crippen molar-refractivity contribution < 1.29 is 19.1 Å². The van der Waals surface area contributed by atoms with E-state index in [0.717, 1.165) is 4.88 Å². The molecular weight excluding hydrogens is 304 g/mol. The van der Waals surface area contributed by atoms with Gasteiger partial charge in [-0.05, 0) is 23.6 Å². The molecule has 0 saturated heterocycles. The molecule has 1 heterocycles. The van der Waals surface area contributed by atoms with Crippen LogP contribution in [0.5, 0.6) is 11.5 Å². The minimum Gasteiger partial charge on any atom is -0.497 e. The van der Waals surface area contributed by atoms with E-state index in [0.29, 0.717) is 23.7 Å². The first-order chi connectivity index (χ1) is 10.6. The molecule has 0 aliphatic carbocycles. The van der Waals surface area contributed by atoms with Crippen LogP contribution in [0.15, 0.2) is 35.7 Å². The maximum absolute atomic E-state index is 11.9. The number of carbonyl (C=O) groups excluding carboxylic acids is 2. The fraction of sp³-hybridized carbons (Fsp3) is 0.200. The van der Waals surface area contributed by atoms with Crippen molar-refractivity contribution in [2.45, 2.75) is 6.54 Å². The third kappa shape index (κ3) is 3.98. The van der Waals surface area contributed by atoms with Crippen molar-refractivity contribution in [1.29, 1.82) is 0 Å². The van der Waals surface area contributed by atoms with E-state index in [1.807, 2.05) is 17.5 Å². The summed E-state index contributed by atoms with van der Waals surface area (Å²) in [5.41, 5.74) is 0.402. The molecule has 0 fully saturated rings. The van der Waals surface area contributed by atoms with Crippen LogP contribution < -0.4 is 20.1 Å². The summed E-state index contributed by atoms with van der Waals surface area (Å²) in [7, 11) is 3.01. The molecule has 2 N–H and O–H groups in total. The number of methoxy groups -OCH3 is 2. The van der Waals surface area contributed by atoms with E-state index < -0.39 is 11.8 Å². The van der Waals surface area contributed by atoms with Crippen molar-refractivity contribution >= 4 is 28.8 Å². The SMILES string of the molecule is COc1ccc(NC(=O)C(=O)NCc2cccs2)c(OC)c1. The normalized spacial score (nSPS) is 9.91. The monoisotopic (exact) mass is 320 g/mol. The van der Waals surface area contributed by atoms with Gasteiger partial charge in [-0.3, -0.25) is 9.59 Å². The van der Waals surface area contributed by atoms with Gasteiger partial charge >= 0.3 is 11.8 Å². The van der Waals surface area contributed by atoms with Crippen molar-refractivity contribution in [2.24, 2.45) is 0 Å². The van der Waals surface area contributed by atoms with Gasteiger partial charge in [0.25, 0.3) is 0 Å². The third-order valence-electron chi connectivity index (χ3n) is 2.87. The summed E-state index contributed by atoms with van der Waals surface area (Å²) in [6.45, 7) is 0.323. The van der Waals surface area contributed by atoms with Gasteiger partial charge in [0.1, 0.15) is 11.5 Å². The Hall–Kier alpha value is -2.54. The lowest BCUT2D eigenvalue weighted by Crippen LogP contribution is -2.34. The minimum atomic E-state index is -0.750. The fourth-order valence-corrected chi connectivity index (χ4v) is 2.39. The van der Waals surface area contributed by atoms with Crippen LogP contribution in [0.2, 0.25) is 0 Å². The van der Waals surface area contributed by atoms with Gasteiger partial charge in [-0.15, -0.1) is 11.3 Å². The Morgan fingerprint density at radius 2 is 1.95 bits per heavy atom. The second-order valence-corrected chi connectivity index (χ2v) is 5.31. The van der Waals surface area contributed by atoms with Crippen LogP contribution in [0.4, 0.5) is 5.69 Å². The number of benzene rings is 1. The van der Waals surface area contributed by atoms with Gasteiger partial charge in [-0.25, -0.2) is 0 Å². The first-order valence-corrected chi connectivity index (χ1v) is 7.35. The lowest BCUT2D eigenvalue weighted by molar-refractivity contribution is -0.136. The van der Waals surface area contributed by atoms with Gasteiger partial charge in [-0.1, -0.05) is 6.07 Å². The van der Waals surface area contributed by atoms with E-state index in [2.05, 4.69) is 10.6 Å². The number of anilines is 1. The maximum atomic E-state index is 11.9. The van der Waals surface area contributed by atoms with Crippen molar-refractivity contribution in [2.75, 3.05) is 19.5 Å². The topological polar surface area (TPSA) is 76.7 Å². The van der Waals surface area contributed by atoms with Gasteiger partial charge in [0.05, 0.1) is 26.5 Å². The minimum absolute atomic E-state index is 0.323. The summed E-state index contributed by atoms with van der Waals surface area (Å²) < 4.78 is 10.2. The molecule has 7 heteroatoms. The van der Waals surface area contributed by atoms with E-state index in [1.165, 1.54) is 25.6 Å². The molecule has 0 spiro atoms. The van der Waals surface area contributed by atoms with Gasteiger partial charge < -0.3 is 20.1 Å². The molecule has 0 aliphatic heterocycles. The highest BCUT2D eigenvalue weighted by atomic mass is 32.1. The molecule has 2 amide bonds. The Morgan fingerprint density at radius 3 is 2.59 bits per heavy atom. The highest BCUT2D eigenvalue weighted by Gasteiger charge is 2.16. The quantitative estimate of drug-likeness (QED) is 0.826. The number of carbonyl (C=O) groups is 2. The second kappa shape index (κ2) is 7.46. The van der Waals surface area contributed by atoms with Crippen LogP contribution in [-0.2, 0) is 16.1 Å². The number of ether oxygens (including phenoxy) is 2. The number of rotatable bonds is 5. The first-order valence-electron chi connectivity index (χ1n) is 6.47. The predicted octanol–water partition coefficient (Wildman–Crippen LogP) is 2.02. The molecule has 0 aliphatic rings. The van der Waals surface area contributed by atoms with Crippen molar-refractivity contribution in [3.05, 3.63) is 40.6 Å². The zero-order chi connectivity index (χ0) is 15.9. The number of nitrogens with one attached hydrogen (secondary N) is 2. The molecule has 2 aromatic rings. The molecule has 116 valence electrons. The summed E-state index contributed by atoms with van der Waals surface area (Å²) in [6.07, 6.45) is 0. The molecule has 22 heavy (non-hydrogen) atoms. The molecule has 0 saturated carbocycles. The maximum Gasteiger partial charge on any atom is 0.313 e. The lowest BCUT2D eigenvalue weighted by Gasteiger charge is -2.11. The number of amides is 2. The van der Waals surface area contributed by atoms with Gasteiger partial charge in [0, 0.05) is 10.9 Å². The first kappa shape index (κ1) is 15.8. The summed E-state index contributed by atoms with van der Waals surface area (Å²) in [5, 5.41) is 6.98. The molecule has 0 unspecified atom stereocenters. The second-order valence-electron chi connectivity index (χ2n) is 4.28. The Labute approximate surface area is 132 Å². The average Bonchev–Trinajstić information content (AvgIpc) is 3.06. The average molecular weight is 320 g/mol. The molecule has 0 atom stereocenters. The lowest BCUT2D eigenvalue weighted by atomic mass is 10.2. The Balaban J connectivity index is 1.97. The number of hydrogen-bond donors (Lipinski definition) is 2. The van der Waals surface area contributed by atoms with Gasteiger partial charge in [-0.2, -0.15) is 0 Å². The Kier molecular flexibility index (Phi) is 5.37. The molecule has 2 rings (SSSR count). The summed E-state index contributed by atoms with van der Waals surface area (Å²) in [6, 6.07) is 8.67. The fourth-order valence-electron chi connectivity index (χ4n) is 1.74. The van der Waals surface area contributed by atoms with Crippen LogP contribution in [0, 0.1) is 0 Å². The number of hydrogen-bond acceptors (Lipinski definition) is 5. The van der Waals surface area contributed by atoms with Crippen molar-refractivity contribution in [1.82, 2.24) is 5.32 Å². The van der Waals surface area contributed by atoms with Crippen molar-refractivity contribution in [3.63, 3.8) is 0 Å². The van der Waals surface area contributed by atoms with E-state index in [1.54, 1.807) is 18.2 Å². The highest BCUT2D eigenvalue weighted by Crippen LogP contribution is 2.28. The van der Waals surface area contributed by atoms with E-state index in [-0.39, 0.29) is 0 Å². The van der Waals surface area contributed by atoms with E-state index >= 15 is 0 Å². The summed E-state index contributed by atoms with van der Waals surface area (Å²) in [4.78, 5) is 24.6. The molecule has 0 radical (unpaired) electrons. The summed E-state index contributed by atoms with van der Waals surface area (Å²) >= 11 is 1.51. The van der Waals surface area contributed by atoms with Crippen molar-refractivity contribution in [3.8, 4) is 11.5 Å². The Morgan fingerprint density at radius 1 is 1.14 bits per heavy atom. The number of thiophene rings is 1. The van der Waals surface area contributed by atoms with E-state index in [9.17, 15) is 9.59 Å². The van der Waals surface area contributed by atoms with Crippen LogP contribution >= 0.6 is 11.3 Å². The summed E-state index contributed by atoms with van der Waals surface area (Å²) in [5.74, 6) is -0.443. The Bertz CT molecular complexity index is 656. The van der Waals surface area contributed by atoms with Crippen LogP contribution in [0.3, 0.4) is 0 Å². The standard InChI is InChI=1S/C15H16N2O4S/c1-20-10-5-6-12(13(8-10)21-2)17-15(19)14(18)16-9-11-4-3-7-22-11/h3-8H,9H2,1-2H3,(H,16,18)(H,17,19). The largest absolute Gasteiger partial charge is 0.497 e. The van der Waals surface area contributed by atoms with Crippen LogP contribution in [0.1, 0.15) is 4.88 Å². The highest BCUT2D eigenvalue weighted by molar-refractivity contribution is 7.09. The smallest absolute Gasteiger partial charge is 0.313 e. The molecule has 0 bridgehead atoms. The zero-order valence-electron chi connectivity index (χ0n) is 12.2. The van der Waals surface area contributed by atoms with Gasteiger partial charge in [0.2, 0.25) is 0 Å². The molecule has 1 aromatic carbocycles. The van der Waals surface area contributed by atoms with Crippen LogP contribution in [-0.4, -0.2) is 26.0 Å². The van der Waals surface area contributed by atoms with E-state index in [4.69, 9.17) is 9.47 Å². The zero-order valence-corrected chi connectivity index (χ0v) is 13.0. The predicted molar refractivity (Wildman–Crippen MR) is 84.3 cm³/mol. The van der Waals surface area contributed by atoms with Crippen LogP contribution in [0.25, 0.3) is 0 Å². The van der Waals surface area contributed by atoms with Gasteiger partial charge in [0.15, 0.2) is 0 Å². The molecular formula is C15H16N2O4S.